The minimum Gasteiger partial charge on any atom is -0.370 e. The van der Waals surface area contributed by atoms with E-state index in [2.05, 4.69) is 17.4 Å². The molecule has 22 heavy (non-hydrogen) atoms. The summed E-state index contributed by atoms with van der Waals surface area (Å²) in [6.07, 6.45) is 8.17. The Balaban J connectivity index is 1.62. The lowest BCUT2D eigenvalue weighted by Gasteiger charge is -2.17. The van der Waals surface area contributed by atoms with Gasteiger partial charge in [-0.15, -0.1) is 0 Å². The lowest BCUT2D eigenvalue weighted by molar-refractivity contribution is -0.168. The zero-order valence-electron chi connectivity index (χ0n) is 13.7. The van der Waals surface area contributed by atoms with Gasteiger partial charge in [0, 0.05) is 25.7 Å². The Morgan fingerprint density at radius 2 is 2.14 bits per heavy atom. The molecule has 2 rings (SSSR count). The molecule has 1 aromatic heterocycles. The number of nitrogens with one attached hydrogen (secondary N) is 1. The lowest BCUT2D eigenvalue weighted by Crippen LogP contribution is -2.24. The van der Waals surface area contributed by atoms with Crippen LogP contribution < -0.4 is 5.32 Å². The summed E-state index contributed by atoms with van der Waals surface area (Å²) >= 11 is 0. The van der Waals surface area contributed by atoms with Crippen LogP contribution in [0.2, 0.25) is 0 Å². The molecule has 0 saturated heterocycles. The number of nitrogens with zero attached hydrogens (tertiary/aromatic N) is 2. The molecule has 1 N–H and O–H groups in total. The number of hydroxylamine groups is 2. The Morgan fingerprint density at radius 3 is 2.95 bits per heavy atom. The molecule has 1 aromatic rings. The van der Waals surface area contributed by atoms with Crippen molar-refractivity contribution < 1.29 is 9.63 Å². The van der Waals surface area contributed by atoms with E-state index in [0.717, 1.165) is 50.9 Å². The van der Waals surface area contributed by atoms with Crippen molar-refractivity contribution in [3.8, 4) is 0 Å². The van der Waals surface area contributed by atoms with E-state index in [9.17, 15) is 4.79 Å². The fourth-order valence-corrected chi connectivity index (χ4v) is 2.70. The van der Waals surface area contributed by atoms with Gasteiger partial charge in [-0.2, -0.15) is 0 Å². The highest BCUT2D eigenvalue weighted by Gasteiger charge is 2.10. The van der Waals surface area contributed by atoms with Crippen LogP contribution in [0.15, 0.2) is 12.1 Å². The minimum atomic E-state index is 0.0462. The number of rotatable bonds is 8. The topological polar surface area (TPSA) is 54.5 Å². The summed E-state index contributed by atoms with van der Waals surface area (Å²) in [6, 6.07) is 4.37. The third-order valence-corrected chi connectivity index (χ3v) is 4.15. The zero-order chi connectivity index (χ0) is 15.8. The van der Waals surface area contributed by atoms with Crippen LogP contribution in [-0.4, -0.2) is 36.7 Å². The number of pyridine rings is 1. The summed E-state index contributed by atoms with van der Waals surface area (Å²) in [5.41, 5.74) is 2.51. The Labute approximate surface area is 133 Å². The number of fused-ring (bicyclic) bond motifs is 1. The fourth-order valence-electron chi connectivity index (χ4n) is 2.70. The third kappa shape index (κ3) is 4.98. The Kier molecular flexibility index (Phi) is 6.65. The number of carbonyl (C=O) groups is 1. The van der Waals surface area contributed by atoms with Crippen LogP contribution in [0.25, 0.3) is 0 Å². The molecule has 0 atom stereocenters. The van der Waals surface area contributed by atoms with Crippen molar-refractivity contribution in [2.24, 2.45) is 0 Å². The van der Waals surface area contributed by atoms with Gasteiger partial charge in [-0.05, 0) is 43.7 Å². The van der Waals surface area contributed by atoms with Gasteiger partial charge in [-0.3, -0.25) is 9.63 Å². The molecule has 0 aromatic carbocycles. The first-order valence-corrected chi connectivity index (χ1v) is 8.24. The van der Waals surface area contributed by atoms with Gasteiger partial charge in [-0.25, -0.2) is 10.0 Å². The molecule has 0 radical (unpaired) electrons. The first kappa shape index (κ1) is 16.7. The largest absolute Gasteiger partial charge is 0.370 e. The van der Waals surface area contributed by atoms with E-state index in [1.807, 2.05) is 0 Å². The number of aryl methyl sites for hydroxylation is 2. The summed E-state index contributed by atoms with van der Waals surface area (Å²) in [5.74, 6) is 1.13. The maximum Gasteiger partial charge on any atom is 0.245 e. The number of carbonyl (C=O) groups excluding carboxylic acids is 1. The van der Waals surface area contributed by atoms with Crippen LogP contribution in [0.4, 0.5) is 5.82 Å². The molecule has 0 aliphatic carbocycles. The molecule has 0 bridgehead atoms. The second-order valence-corrected chi connectivity index (χ2v) is 5.83. The Hall–Kier alpha value is -1.62. The first-order valence-electron chi connectivity index (χ1n) is 8.24. The van der Waals surface area contributed by atoms with Crippen molar-refractivity contribution in [2.75, 3.05) is 26.0 Å². The summed E-state index contributed by atoms with van der Waals surface area (Å²) in [4.78, 5) is 21.1. The lowest BCUT2D eigenvalue weighted by atomic mass is 10.0. The normalized spacial score (nSPS) is 13.4. The first-order chi connectivity index (χ1) is 10.7. The monoisotopic (exact) mass is 305 g/mol. The SMILES string of the molecule is CON(C)C(=O)CCCCCCc1ccc2c(n1)NCCC2. The second-order valence-electron chi connectivity index (χ2n) is 5.83. The average molecular weight is 305 g/mol. The maximum absolute atomic E-state index is 11.5. The van der Waals surface area contributed by atoms with Crippen LogP contribution in [0.3, 0.4) is 0 Å². The summed E-state index contributed by atoms with van der Waals surface area (Å²) in [5, 5.41) is 4.67. The van der Waals surface area contributed by atoms with E-state index in [0.29, 0.717) is 6.42 Å². The van der Waals surface area contributed by atoms with E-state index in [1.54, 1.807) is 7.05 Å². The van der Waals surface area contributed by atoms with Crippen molar-refractivity contribution in [3.05, 3.63) is 23.4 Å². The molecule has 0 spiro atoms. The number of hydrogen-bond acceptors (Lipinski definition) is 4. The van der Waals surface area contributed by atoms with Crippen molar-refractivity contribution >= 4 is 11.7 Å². The van der Waals surface area contributed by atoms with Crippen LogP contribution in [0.5, 0.6) is 0 Å². The molecule has 1 amide bonds. The van der Waals surface area contributed by atoms with Crippen LogP contribution in [-0.2, 0) is 22.5 Å². The van der Waals surface area contributed by atoms with Gasteiger partial charge < -0.3 is 5.32 Å². The molecular weight excluding hydrogens is 278 g/mol. The molecule has 2 heterocycles. The van der Waals surface area contributed by atoms with E-state index in [1.165, 1.54) is 29.9 Å². The third-order valence-electron chi connectivity index (χ3n) is 4.15. The van der Waals surface area contributed by atoms with Gasteiger partial charge in [0.25, 0.3) is 0 Å². The molecule has 5 heteroatoms. The molecule has 0 unspecified atom stereocenters. The predicted molar refractivity (Wildman–Crippen MR) is 87.6 cm³/mol. The molecular formula is C17H27N3O2. The maximum atomic E-state index is 11.5. The predicted octanol–water partition coefficient (Wildman–Crippen LogP) is 2.95. The van der Waals surface area contributed by atoms with Gasteiger partial charge in [0.15, 0.2) is 0 Å². The van der Waals surface area contributed by atoms with Crippen molar-refractivity contribution in [3.63, 3.8) is 0 Å². The number of aromatic nitrogens is 1. The Morgan fingerprint density at radius 1 is 1.32 bits per heavy atom. The van der Waals surface area contributed by atoms with Crippen molar-refractivity contribution in [2.45, 2.75) is 51.4 Å². The van der Waals surface area contributed by atoms with Gasteiger partial charge >= 0.3 is 0 Å². The van der Waals surface area contributed by atoms with Crippen LogP contribution in [0.1, 0.15) is 49.8 Å². The van der Waals surface area contributed by atoms with E-state index in [-0.39, 0.29) is 5.91 Å². The quantitative estimate of drug-likeness (QED) is 0.592. The van der Waals surface area contributed by atoms with Crippen LogP contribution in [0, 0.1) is 0 Å². The molecule has 5 nitrogen and oxygen atoms in total. The number of amides is 1. The van der Waals surface area contributed by atoms with E-state index >= 15 is 0 Å². The molecule has 0 saturated carbocycles. The van der Waals surface area contributed by atoms with E-state index in [4.69, 9.17) is 9.82 Å². The summed E-state index contributed by atoms with van der Waals surface area (Å²) < 4.78 is 0. The fraction of sp³-hybridized carbons (Fsp3) is 0.647. The van der Waals surface area contributed by atoms with Gasteiger partial charge in [-0.1, -0.05) is 18.9 Å². The Bertz CT molecular complexity index is 491. The highest BCUT2D eigenvalue weighted by atomic mass is 16.7. The highest BCUT2D eigenvalue weighted by Crippen LogP contribution is 2.20. The van der Waals surface area contributed by atoms with Gasteiger partial charge in [0.1, 0.15) is 5.82 Å². The minimum absolute atomic E-state index is 0.0462. The summed E-state index contributed by atoms with van der Waals surface area (Å²) in [7, 11) is 3.16. The van der Waals surface area contributed by atoms with Crippen molar-refractivity contribution in [1.82, 2.24) is 10.0 Å². The highest BCUT2D eigenvalue weighted by molar-refractivity contribution is 5.74. The smallest absolute Gasteiger partial charge is 0.245 e. The summed E-state index contributed by atoms with van der Waals surface area (Å²) in [6.45, 7) is 1.04. The second kappa shape index (κ2) is 8.73. The zero-order valence-corrected chi connectivity index (χ0v) is 13.7. The van der Waals surface area contributed by atoms with E-state index < -0.39 is 0 Å². The van der Waals surface area contributed by atoms with Crippen molar-refractivity contribution in [1.29, 1.82) is 0 Å². The average Bonchev–Trinajstić information content (AvgIpc) is 2.56. The number of hydrogen-bond donors (Lipinski definition) is 1. The van der Waals surface area contributed by atoms with Gasteiger partial charge in [0.2, 0.25) is 5.91 Å². The number of unbranched alkanes of at least 4 members (excludes halogenated alkanes) is 3. The molecule has 122 valence electrons. The molecule has 1 aliphatic heterocycles. The standard InChI is InChI=1S/C17H27N3O2/c1-20(22-2)16(21)10-6-4-3-5-9-15-12-11-14-8-7-13-18-17(14)19-15/h11-12H,3-10,13H2,1-2H3,(H,18,19). The molecule has 1 aliphatic rings. The molecule has 0 fully saturated rings. The van der Waals surface area contributed by atoms with Crippen LogP contribution >= 0.6 is 0 Å². The number of anilines is 1. The van der Waals surface area contributed by atoms with Gasteiger partial charge in [0.05, 0.1) is 7.11 Å².